The first-order chi connectivity index (χ1) is 14.5. The quantitative estimate of drug-likeness (QED) is 0.443. The van der Waals surface area contributed by atoms with Crippen molar-refractivity contribution in [2.75, 3.05) is 10.6 Å². The molecule has 0 saturated heterocycles. The van der Waals surface area contributed by atoms with E-state index in [1.165, 1.54) is 35.4 Å². The first-order valence-corrected chi connectivity index (χ1v) is 9.42. The molecule has 0 aliphatic heterocycles. The van der Waals surface area contributed by atoms with E-state index in [1.54, 1.807) is 12.1 Å². The molecule has 0 fully saturated rings. The summed E-state index contributed by atoms with van der Waals surface area (Å²) in [5.74, 6) is -0.0499. The summed E-state index contributed by atoms with van der Waals surface area (Å²) in [4.78, 5) is 28.2. The third-order valence-electron chi connectivity index (χ3n) is 4.81. The first-order valence-electron chi connectivity index (χ1n) is 9.42. The number of aromatic nitrogens is 1. The Morgan fingerprint density at radius 3 is 2.33 bits per heavy atom. The molecule has 0 saturated carbocycles. The number of benzene rings is 2. The van der Waals surface area contributed by atoms with Crippen LogP contribution in [0.15, 0.2) is 60.7 Å². The average Bonchev–Trinajstić information content (AvgIpc) is 3.09. The standard InChI is InChI=1S/C22H20N4O4/c27-18-7-3-6-15(10-18)23-20-12-17(25-22(29)30)11-19(26-20)21(28)24-16-8-13-4-1-2-5-14(13)9-16/h1-7,10-12,16,27H,8-9H2,(H,24,28)(H,29,30)(H2,23,25,26). The highest BCUT2D eigenvalue weighted by molar-refractivity contribution is 5.95. The largest absolute Gasteiger partial charge is 0.508 e. The Morgan fingerprint density at radius 2 is 1.67 bits per heavy atom. The van der Waals surface area contributed by atoms with Gasteiger partial charge in [-0.3, -0.25) is 10.1 Å². The summed E-state index contributed by atoms with van der Waals surface area (Å²) in [6, 6.07) is 17.3. The molecule has 0 radical (unpaired) electrons. The summed E-state index contributed by atoms with van der Waals surface area (Å²) < 4.78 is 0. The molecule has 0 spiro atoms. The first kappa shape index (κ1) is 19.3. The number of nitrogens with zero attached hydrogens (tertiary/aromatic N) is 1. The Balaban J connectivity index is 1.55. The van der Waals surface area contributed by atoms with Gasteiger partial charge in [0, 0.05) is 23.9 Å². The number of hydrogen-bond donors (Lipinski definition) is 5. The molecule has 30 heavy (non-hydrogen) atoms. The van der Waals surface area contributed by atoms with Crippen molar-refractivity contribution in [1.29, 1.82) is 0 Å². The topological polar surface area (TPSA) is 124 Å². The fourth-order valence-electron chi connectivity index (χ4n) is 3.56. The van der Waals surface area contributed by atoms with Crippen molar-refractivity contribution in [2.45, 2.75) is 18.9 Å². The van der Waals surface area contributed by atoms with Crippen LogP contribution in [0.3, 0.4) is 0 Å². The van der Waals surface area contributed by atoms with E-state index in [0.717, 1.165) is 12.8 Å². The summed E-state index contributed by atoms with van der Waals surface area (Å²) in [7, 11) is 0. The van der Waals surface area contributed by atoms with Crippen LogP contribution < -0.4 is 16.0 Å². The van der Waals surface area contributed by atoms with Gasteiger partial charge in [0.1, 0.15) is 17.3 Å². The molecular weight excluding hydrogens is 384 g/mol. The van der Waals surface area contributed by atoms with Crippen molar-refractivity contribution in [1.82, 2.24) is 10.3 Å². The van der Waals surface area contributed by atoms with Gasteiger partial charge >= 0.3 is 6.09 Å². The van der Waals surface area contributed by atoms with Crippen molar-refractivity contribution in [3.05, 3.63) is 77.5 Å². The van der Waals surface area contributed by atoms with Gasteiger partial charge in [0.05, 0.1) is 5.69 Å². The van der Waals surface area contributed by atoms with Crippen LogP contribution in [-0.4, -0.2) is 33.2 Å². The minimum atomic E-state index is -1.25. The Hall–Kier alpha value is -4.07. The van der Waals surface area contributed by atoms with E-state index in [1.807, 2.05) is 12.1 Å². The predicted molar refractivity (Wildman–Crippen MR) is 112 cm³/mol. The van der Waals surface area contributed by atoms with Gasteiger partial charge < -0.3 is 20.8 Å². The zero-order valence-corrected chi connectivity index (χ0v) is 15.9. The molecule has 8 heteroatoms. The minimum Gasteiger partial charge on any atom is -0.508 e. The lowest BCUT2D eigenvalue weighted by Crippen LogP contribution is -2.35. The Labute approximate surface area is 172 Å². The van der Waals surface area contributed by atoms with Crippen LogP contribution >= 0.6 is 0 Å². The maximum atomic E-state index is 12.8. The lowest BCUT2D eigenvalue weighted by atomic mass is 10.1. The molecule has 0 atom stereocenters. The highest BCUT2D eigenvalue weighted by atomic mass is 16.4. The number of nitrogens with one attached hydrogen (secondary N) is 3. The number of anilines is 3. The van der Waals surface area contributed by atoms with Gasteiger partial charge in [-0.15, -0.1) is 0 Å². The second kappa shape index (κ2) is 8.12. The molecule has 4 rings (SSSR count). The number of carbonyl (C=O) groups excluding carboxylic acids is 1. The number of fused-ring (bicyclic) bond motifs is 1. The molecule has 1 aliphatic carbocycles. The minimum absolute atomic E-state index is 0.0460. The number of rotatable bonds is 5. The van der Waals surface area contributed by atoms with Gasteiger partial charge in [-0.1, -0.05) is 30.3 Å². The van der Waals surface area contributed by atoms with Crippen molar-refractivity contribution in [2.24, 2.45) is 0 Å². The van der Waals surface area contributed by atoms with E-state index in [0.29, 0.717) is 5.69 Å². The zero-order chi connectivity index (χ0) is 21.1. The average molecular weight is 404 g/mol. The number of phenolic OH excluding ortho intramolecular Hbond substituents is 1. The van der Waals surface area contributed by atoms with Crippen molar-refractivity contribution < 1.29 is 19.8 Å². The molecule has 2 amide bonds. The van der Waals surface area contributed by atoms with Crippen LogP contribution in [0, 0.1) is 0 Å². The fraction of sp³-hybridized carbons (Fsp3) is 0.136. The van der Waals surface area contributed by atoms with Crippen LogP contribution in [0.4, 0.5) is 22.0 Å². The molecule has 8 nitrogen and oxygen atoms in total. The van der Waals surface area contributed by atoms with E-state index in [4.69, 9.17) is 5.11 Å². The SMILES string of the molecule is O=C(O)Nc1cc(Nc2cccc(O)c2)nc(C(=O)NC2Cc3ccccc3C2)c1. The smallest absolute Gasteiger partial charge is 0.409 e. The number of carboxylic acid groups (broad SMARTS) is 1. The third-order valence-corrected chi connectivity index (χ3v) is 4.81. The molecule has 1 aromatic heterocycles. The molecule has 2 aromatic carbocycles. The predicted octanol–water partition coefficient (Wildman–Crippen LogP) is 3.52. The van der Waals surface area contributed by atoms with Gasteiger partial charge in [0.2, 0.25) is 0 Å². The van der Waals surface area contributed by atoms with E-state index < -0.39 is 6.09 Å². The van der Waals surface area contributed by atoms with Crippen molar-refractivity contribution in [3.8, 4) is 5.75 Å². The summed E-state index contributed by atoms with van der Waals surface area (Å²) in [5, 5.41) is 26.9. The van der Waals surface area contributed by atoms with Crippen LogP contribution in [0.5, 0.6) is 5.75 Å². The van der Waals surface area contributed by atoms with Gasteiger partial charge in [-0.05, 0) is 42.2 Å². The summed E-state index contributed by atoms with van der Waals surface area (Å²) >= 11 is 0. The van der Waals surface area contributed by atoms with Gasteiger partial charge in [0.25, 0.3) is 5.91 Å². The Kier molecular flexibility index (Phi) is 5.21. The normalized spacial score (nSPS) is 12.8. The summed E-state index contributed by atoms with van der Waals surface area (Å²) in [6.45, 7) is 0. The summed E-state index contributed by atoms with van der Waals surface area (Å²) in [5.41, 5.74) is 3.26. The number of carbonyl (C=O) groups is 2. The molecule has 152 valence electrons. The molecule has 0 bridgehead atoms. The van der Waals surface area contributed by atoms with Crippen molar-refractivity contribution in [3.63, 3.8) is 0 Å². The van der Waals surface area contributed by atoms with Crippen LogP contribution in [0.1, 0.15) is 21.6 Å². The third kappa shape index (κ3) is 4.49. The number of hydrogen-bond acceptors (Lipinski definition) is 5. The molecule has 0 unspecified atom stereocenters. The molecule has 5 N–H and O–H groups in total. The lowest BCUT2D eigenvalue weighted by Gasteiger charge is -2.14. The van der Waals surface area contributed by atoms with E-state index in [2.05, 4.69) is 33.1 Å². The van der Waals surface area contributed by atoms with E-state index in [9.17, 15) is 14.7 Å². The van der Waals surface area contributed by atoms with Crippen LogP contribution in [-0.2, 0) is 12.8 Å². The maximum Gasteiger partial charge on any atom is 0.409 e. The van der Waals surface area contributed by atoms with E-state index >= 15 is 0 Å². The molecular formula is C22H20N4O4. The number of amides is 2. The second-order valence-corrected chi connectivity index (χ2v) is 7.08. The number of pyridine rings is 1. The van der Waals surface area contributed by atoms with Crippen molar-refractivity contribution >= 4 is 29.2 Å². The van der Waals surface area contributed by atoms with Crippen LogP contribution in [0.2, 0.25) is 0 Å². The lowest BCUT2D eigenvalue weighted by molar-refractivity contribution is 0.0933. The molecule has 1 heterocycles. The van der Waals surface area contributed by atoms with Gasteiger partial charge in [0.15, 0.2) is 0 Å². The number of aromatic hydroxyl groups is 1. The maximum absolute atomic E-state index is 12.8. The highest BCUT2D eigenvalue weighted by Crippen LogP contribution is 2.24. The Bertz CT molecular complexity index is 1090. The van der Waals surface area contributed by atoms with E-state index in [-0.39, 0.29) is 34.9 Å². The summed E-state index contributed by atoms with van der Waals surface area (Å²) in [6.07, 6.45) is 0.231. The fourth-order valence-corrected chi connectivity index (χ4v) is 3.56. The molecule has 3 aromatic rings. The monoisotopic (exact) mass is 404 g/mol. The van der Waals surface area contributed by atoms with Gasteiger partial charge in [-0.25, -0.2) is 9.78 Å². The van der Waals surface area contributed by atoms with Crippen LogP contribution in [0.25, 0.3) is 0 Å². The highest BCUT2D eigenvalue weighted by Gasteiger charge is 2.23. The zero-order valence-electron chi connectivity index (χ0n) is 15.9. The van der Waals surface area contributed by atoms with Gasteiger partial charge in [-0.2, -0.15) is 0 Å². The molecule has 1 aliphatic rings. The Morgan fingerprint density at radius 1 is 0.933 bits per heavy atom. The second-order valence-electron chi connectivity index (χ2n) is 7.08. The number of phenols is 1.